The van der Waals surface area contributed by atoms with Crippen molar-refractivity contribution >= 4 is 29.9 Å². The summed E-state index contributed by atoms with van der Waals surface area (Å²) in [5.41, 5.74) is 2.38. The van der Waals surface area contributed by atoms with Crippen LogP contribution in [0.3, 0.4) is 0 Å². The van der Waals surface area contributed by atoms with E-state index in [4.69, 9.17) is 11.6 Å². The van der Waals surface area contributed by atoms with Gasteiger partial charge >= 0.3 is 0 Å². The molecule has 2 aliphatic rings. The van der Waals surface area contributed by atoms with E-state index < -0.39 is 6.10 Å². The highest BCUT2D eigenvalue weighted by atomic mass is 35.5. The Morgan fingerprint density at radius 2 is 2.25 bits per heavy atom. The summed E-state index contributed by atoms with van der Waals surface area (Å²) in [6.07, 6.45) is 1.94. The summed E-state index contributed by atoms with van der Waals surface area (Å²) in [6.45, 7) is 0.495. The third-order valence-corrected chi connectivity index (χ3v) is 4.16. The Hall–Kier alpha value is -0.810. The van der Waals surface area contributed by atoms with Crippen LogP contribution in [0.5, 0.6) is 0 Å². The Kier molecular flexibility index (Phi) is 4.91. The summed E-state index contributed by atoms with van der Waals surface area (Å²) in [5.74, 6) is -0.0237. The van der Waals surface area contributed by atoms with E-state index in [1.54, 1.807) is 0 Å². The molecule has 3 rings (SSSR count). The van der Waals surface area contributed by atoms with Crippen molar-refractivity contribution in [2.24, 2.45) is 0 Å². The molecule has 1 aliphatic heterocycles. The molecule has 0 bridgehead atoms. The van der Waals surface area contributed by atoms with E-state index in [9.17, 15) is 9.90 Å². The summed E-state index contributed by atoms with van der Waals surface area (Å²) in [7, 11) is 0. The number of carbonyl (C=O) groups excluding carboxylic acids is 1. The molecule has 1 fully saturated rings. The number of hydrogen-bond acceptors (Lipinski definition) is 3. The van der Waals surface area contributed by atoms with Gasteiger partial charge in [0.15, 0.2) is 0 Å². The van der Waals surface area contributed by atoms with Crippen LogP contribution in [0.25, 0.3) is 0 Å². The SMILES string of the molecule is Cl.O=C(NC1CCc2cc(Cl)ccc21)C1CC(O)CN1. The van der Waals surface area contributed by atoms with Crippen molar-refractivity contribution < 1.29 is 9.90 Å². The third kappa shape index (κ3) is 3.09. The smallest absolute Gasteiger partial charge is 0.237 e. The van der Waals surface area contributed by atoms with Gasteiger partial charge in [-0.25, -0.2) is 0 Å². The van der Waals surface area contributed by atoms with Crippen LogP contribution in [0.15, 0.2) is 18.2 Å². The second-order valence-electron chi connectivity index (χ2n) is 5.29. The van der Waals surface area contributed by atoms with Gasteiger partial charge in [-0.15, -0.1) is 12.4 Å². The van der Waals surface area contributed by atoms with Crippen molar-refractivity contribution in [1.29, 1.82) is 0 Å². The highest BCUT2D eigenvalue weighted by Crippen LogP contribution is 2.32. The van der Waals surface area contributed by atoms with Gasteiger partial charge in [0.2, 0.25) is 5.91 Å². The highest BCUT2D eigenvalue weighted by molar-refractivity contribution is 6.30. The molecule has 3 unspecified atom stereocenters. The molecule has 1 aromatic rings. The van der Waals surface area contributed by atoms with Crippen molar-refractivity contribution in [3.05, 3.63) is 34.3 Å². The van der Waals surface area contributed by atoms with Crippen molar-refractivity contribution in [1.82, 2.24) is 10.6 Å². The molecule has 20 heavy (non-hydrogen) atoms. The van der Waals surface area contributed by atoms with E-state index in [1.807, 2.05) is 18.2 Å². The molecule has 6 heteroatoms. The van der Waals surface area contributed by atoms with Gasteiger partial charge in [-0.1, -0.05) is 17.7 Å². The fraction of sp³-hybridized carbons (Fsp3) is 0.500. The van der Waals surface area contributed by atoms with E-state index in [0.29, 0.717) is 13.0 Å². The van der Waals surface area contributed by atoms with Crippen molar-refractivity contribution in [2.45, 2.75) is 37.5 Å². The molecule has 4 nitrogen and oxygen atoms in total. The molecule has 3 atom stereocenters. The number of rotatable bonds is 2. The first-order valence-electron chi connectivity index (χ1n) is 6.63. The standard InChI is InChI=1S/C14H17ClN2O2.ClH/c15-9-2-3-11-8(5-9)1-4-12(11)17-14(19)13-6-10(18)7-16-13;/h2-3,5,10,12-13,16,18H,1,4,6-7H2,(H,17,19);1H. The molecular weight excluding hydrogens is 299 g/mol. The number of amides is 1. The van der Waals surface area contributed by atoms with E-state index in [-0.39, 0.29) is 30.4 Å². The van der Waals surface area contributed by atoms with Crippen molar-refractivity contribution in [3.8, 4) is 0 Å². The summed E-state index contributed by atoms with van der Waals surface area (Å²) >= 11 is 5.97. The minimum absolute atomic E-state index is 0. The summed E-state index contributed by atoms with van der Waals surface area (Å²) in [6, 6.07) is 5.63. The van der Waals surface area contributed by atoms with Gasteiger partial charge in [0.05, 0.1) is 18.2 Å². The first-order valence-corrected chi connectivity index (χ1v) is 7.01. The Morgan fingerprint density at radius 3 is 2.95 bits per heavy atom. The van der Waals surface area contributed by atoms with Gasteiger partial charge in [0, 0.05) is 11.6 Å². The number of β-amino-alcohol motifs (C(OH)–C–C–N with tert-alkyl or cyclic N) is 1. The second kappa shape index (κ2) is 6.31. The molecule has 0 spiro atoms. The zero-order valence-electron chi connectivity index (χ0n) is 10.9. The van der Waals surface area contributed by atoms with Crippen molar-refractivity contribution in [2.75, 3.05) is 6.54 Å². The molecule has 1 aromatic carbocycles. The van der Waals surface area contributed by atoms with Crippen LogP contribution >= 0.6 is 24.0 Å². The molecule has 0 saturated carbocycles. The fourth-order valence-electron chi connectivity index (χ4n) is 2.93. The number of fused-ring (bicyclic) bond motifs is 1. The molecular formula is C14H18Cl2N2O2. The van der Waals surface area contributed by atoms with Crippen LogP contribution in [0.2, 0.25) is 5.02 Å². The Morgan fingerprint density at radius 1 is 1.45 bits per heavy atom. The van der Waals surface area contributed by atoms with Crippen LogP contribution in [0.4, 0.5) is 0 Å². The third-order valence-electron chi connectivity index (χ3n) is 3.92. The number of aryl methyl sites for hydroxylation is 1. The van der Waals surface area contributed by atoms with Crippen LogP contribution in [0.1, 0.15) is 30.0 Å². The largest absolute Gasteiger partial charge is 0.392 e. The van der Waals surface area contributed by atoms with E-state index in [0.717, 1.165) is 23.4 Å². The van der Waals surface area contributed by atoms with Gasteiger partial charge in [-0.3, -0.25) is 4.79 Å². The Balaban J connectivity index is 0.00000147. The summed E-state index contributed by atoms with van der Waals surface area (Å²) in [5, 5.41) is 16.3. The first kappa shape index (κ1) is 15.6. The predicted octanol–water partition coefficient (Wildman–Crippen LogP) is 1.59. The fourth-order valence-corrected chi connectivity index (χ4v) is 3.12. The maximum Gasteiger partial charge on any atom is 0.237 e. The maximum absolute atomic E-state index is 12.1. The van der Waals surface area contributed by atoms with E-state index in [2.05, 4.69) is 10.6 Å². The predicted molar refractivity (Wildman–Crippen MR) is 80.3 cm³/mol. The molecule has 0 aromatic heterocycles. The van der Waals surface area contributed by atoms with E-state index in [1.165, 1.54) is 5.56 Å². The average molecular weight is 317 g/mol. The first-order chi connectivity index (χ1) is 9.13. The molecule has 3 N–H and O–H groups in total. The van der Waals surface area contributed by atoms with Crippen molar-refractivity contribution in [3.63, 3.8) is 0 Å². The normalized spacial score (nSPS) is 27.8. The number of carbonyl (C=O) groups is 1. The summed E-state index contributed by atoms with van der Waals surface area (Å²) in [4.78, 5) is 12.1. The quantitative estimate of drug-likeness (QED) is 0.776. The minimum Gasteiger partial charge on any atom is -0.392 e. The highest BCUT2D eigenvalue weighted by Gasteiger charge is 2.31. The van der Waals surface area contributed by atoms with Gasteiger partial charge in [0.25, 0.3) is 0 Å². The number of aliphatic hydroxyl groups is 1. The lowest BCUT2D eigenvalue weighted by atomic mass is 10.1. The molecule has 1 amide bonds. The van der Waals surface area contributed by atoms with Crippen LogP contribution in [0, 0.1) is 0 Å². The number of nitrogens with one attached hydrogen (secondary N) is 2. The Bertz CT molecular complexity index is 510. The van der Waals surface area contributed by atoms with Gasteiger partial charge in [-0.05, 0) is 42.5 Å². The van der Waals surface area contributed by atoms with Crippen LogP contribution in [-0.2, 0) is 11.2 Å². The Labute approximate surface area is 129 Å². The molecule has 1 heterocycles. The average Bonchev–Trinajstić information content (AvgIpc) is 2.96. The zero-order valence-corrected chi connectivity index (χ0v) is 12.5. The van der Waals surface area contributed by atoms with E-state index >= 15 is 0 Å². The molecule has 1 aliphatic carbocycles. The number of hydrogen-bond donors (Lipinski definition) is 3. The monoisotopic (exact) mass is 316 g/mol. The minimum atomic E-state index is -0.412. The molecule has 0 radical (unpaired) electrons. The number of aliphatic hydroxyl groups excluding tert-OH is 1. The zero-order chi connectivity index (χ0) is 13.4. The van der Waals surface area contributed by atoms with Crippen LogP contribution < -0.4 is 10.6 Å². The van der Waals surface area contributed by atoms with Crippen LogP contribution in [-0.4, -0.2) is 29.7 Å². The topological polar surface area (TPSA) is 61.4 Å². The maximum atomic E-state index is 12.1. The lowest BCUT2D eigenvalue weighted by molar-refractivity contribution is -0.123. The summed E-state index contributed by atoms with van der Waals surface area (Å²) < 4.78 is 0. The number of benzene rings is 1. The lowest BCUT2D eigenvalue weighted by Gasteiger charge is -2.17. The molecule has 110 valence electrons. The molecule has 1 saturated heterocycles. The van der Waals surface area contributed by atoms with Gasteiger partial charge in [0.1, 0.15) is 0 Å². The second-order valence-corrected chi connectivity index (χ2v) is 5.73. The van der Waals surface area contributed by atoms with Gasteiger partial charge < -0.3 is 15.7 Å². The lowest BCUT2D eigenvalue weighted by Crippen LogP contribution is -2.41. The number of halogens is 2. The van der Waals surface area contributed by atoms with Gasteiger partial charge in [-0.2, -0.15) is 0 Å².